The molecule has 0 saturated heterocycles. The third kappa shape index (κ3) is 5.70. The van der Waals surface area contributed by atoms with Crippen LogP contribution in [0.3, 0.4) is 0 Å². The molecule has 2 aromatic heterocycles. The maximum atomic E-state index is 6.43. The molecule has 276 valence electrons. The van der Waals surface area contributed by atoms with E-state index in [1.807, 2.05) is 11.3 Å². The maximum Gasteiger partial charge on any atom is 0.136 e. The van der Waals surface area contributed by atoms with Crippen molar-refractivity contribution in [1.82, 2.24) is 0 Å². The summed E-state index contributed by atoms with van der Waals surface area (Å²) in [5, 5.41) is 9.70. The van der Waals surface area contributed by atoms with Crippen LogP contribution in [0.15, 0.2) is 217 Å². The van der Waals surface area contributed by atoms with Gasteiger partial charge in [-0.2, -0.15) is 0 Å². The zero-order chi connectivity index (χ0) is 38.9. The summed E-state index contributed by atoms with van der Waals surface area (Å²) in [6.07, 6.45) is 0. The molecular weight excluding hydrogens is 735 g/mol. The monoisotopic (exact) mass is 769 g/mol. The van der Waals surface area contributed by atoms with Gasteiger partial charge in [-0.1, -0.05) is 146 Å². The Morgan fingerprint density at radius 1 is 0.339 bits per heavy atom. The molecule has 0 bridgehead atoms. The number of nitrogens with zero attached hydrogens (tertiary/aromatic N) is 1. The van der Waals surface area contributed by atoms with Crippen LogP contribution in [-0.2, 0) is 0 Å². The first-order chi connectivity index (χ1) is 29.2. The number of fused-ring (bicyclic) bond motifs is 8. The highest BCUT2D eigenvalue weighted by Crippen LogP contribution is 2.48. The molecule has 0 N–H and O–H groups in total. The Labute approximate surface area is 345 Å². The van der Waals surface area contributed by atoms with Crippen LogP contribution in [0.5, 0.6) is 0 Å². The highest BCUT2D eigenvalue weighted by atomic mass is 32.1. The van der Waals surface area contributed by atoms with Crippen molar-refractivity contribution in [1.29, 1.82) is 0 Å². The summed E-state index contributed by atoms with van der Waals surface area (Å²) in [6.45, 7) is 0. The minimum Gasteiger partial charge on any atom is -0.456 e. The molecule has 0 saturated carbocycles. The first-order valence-electron chi connectivity index (χ1n) is 20.1. The van der Waals surface area contributed by atoms with E-state index < -0.39 is 0 Å². The first-order valence-corrected chi connectivity index (χ1v) is 20.9. The largest absolute Gasteiger partial charge is 0.456 e. The fourth-order valence-corrected chi connectivity index (χ4v) is 10.1. The van der Waals surface area contributed by atoms with Gasteiger partial charge in [0.05, 0.1) is 16.1 Å². The second-order valence-corrected chi connectivity index (χ2v) is 16.4. The first kappa shape index (κ1) is 33.7. The van der Waals surface area contributed by atoms with Crippen LogP contribution in [0, 0.1) is 0 Å². The Hall–Kier alpha value is -7.46. The lowest BCUT2D eigenvalue weighted by molar-refractivity contribution is 0.669. The third-order valence-electron chi connectivity index (χ3n) is 11.8. The van der Waals surface area contributed by atoms with Crippen LogP contribution in [0.4, 0.5) is 17.1 Å². The van der Waals surface area contributed by atoms with Crippen LogP contribution in [0.2, 0.25) is 0 Å². The molecule has 3 heteroatoms. The van der Waals surface area contributed by atoms with Gasteiger partial charge in [0.1, 0.15) is 11.2 Å². The highest BCUT2D eigenvalue weighted by molar-refractivity contribution is 7.26. The molecule has 0 fully saturated rings. The quantitative estimate of drug-likeness (QED) is 0.167. The van der Waals surface area contributed by atoms with Crippen LogP contribution < -0.4 is 4.90 Å². The van der Waals surface area contributed by atoms with E-state index in [1.165, 1.54) is 64.0 Å². The molecule has 2 heterocycles. The second kappa shape index (κ2) is 13.6. The number of para-hydroxylation sites is 1. The van der Waals surface area contributed by atoms with Crippen LogP contribution in [0.25, 0.3) is 97.0 Å². The number of benzene rings is 10. The molecule has 0 amide bonds. The number of furan rings is 1. The molecule has 59 heavy (non-hydrogen) atoms. The summed E-state index contributed by atoms with van der Waals surface area (Å²) in [5.74, 6) is 0. The predicted octanol–water partition coefficient (Wildman–Crippen LogP) is 16.7. The summed E-state index contributed by atoms with van der Waals surface area (Å²) in [6, 6.07) is 77.1. The molecule has 0 atom stereocenters. The summed E-state index contributed by atoms with van der Waals surface area (Å²) < 4.78 is 8.98. The number of rotatable bonds is 6. The van der Waals surface area contributed by atoms with E-state index in [0.29, 0.717) is 0 Å². The van der Waals surface area contributed by atoms with Crippen molar-refractivity contribution in [2.45, 2.75) is 0 Å². The van der Waals surface area contributed by atoms with E-state index in [2.05, 4.69) is 217 Å². The van der Waals surface area contributed by atoms with Crippen molar-refractivity contribution in [3.8, 4) is 33.4 Å². The Morgan fingerprint density at radius 2 is 0.949 bits per heavy atom. The van der Waals surface area contributed by atoms with Crippen molar-refractivity contribution in [3.05, 3.63) is 212 Å². The zero-order valence-electron chi connectivity index (χ0n) is 32.0. The topological polar surface area (TPSA) is 16.4 Å². The van der Waals surface area contributed by atoms with Crippen molar-refractivity contribution in [3.63, 3.8) is 0 Å². The summed E-state index contributed by atoms with van der Waals surface area (Å²) in [7, 11) is 0. The number of anilines is 3. The van der Waals surface area contributed by atoms with E-state index in [0.717, 1.165) is 50.1 Å². The molecule has 12 aromatic rings. The molecule has 0 aliphatic rings. The zero-order valence-corrected chi connectivity index (χ0v) is 32.8. The Bertz CT molecular complexity index is 3570. The lowest BCUT2D eigenvalue weighted by Gasteiger charge is -2.28. The lowest BCUT2D eigenvalue weighted by atomic mass is 9.97. The molecule has 0 aliphatic carbocycles. The molecular formula is C56H35NOS. The molecule has 0 spiro atoms. The Balaban J connectivity index is 1.01. The van der Waals surface area contributed by atoms with E-state index in [-0.39, 0.29) is 0 Å². The smallest absolute Gasteiger partial charge is 0.136 e. The molecule has 0 aliphatic heterocycles. The summed E-state index contributed by atoms with van der Waals surface area (Å²) >= 11 is 1.86. The van der Waals surface area contributed by atoms with Crippen molar-refractivity contribution < 1.29 is 4.42 Å². The van der Waals surface area contributed by atoms with Gasteiger partial charge in [0, 0.05) is 37.5 Å². The molecule has 10 aromatic carbocycles. The van der Waals surface area contributed by atoms with Gasteiger partial charge in [-0.3, -0.25) is 0 Å². The predicted molar refractivity (Wildman–Crippen MR) is 253 cm³/mol. The standard InChI is InChI=1S/C56H35NOS/c1-2-12-38-32-43(24-23-36(38)11-1)40-16-9-15-39(31-40)37-25-28-45(29-26-37)57(52-21-10-19-48-47-18-6-8-22-55(47)59-56(48)52)51-20-7-5-17-46(51)44-27-30-53-49(34-44)50-33-41-13-3-4-14-42(41)35-54(50)58-53/h1-35H. The van der Waals surface area contributed by atoms with Gasteiger partial charge in [0.2, 0.25) is 0 Å². The highest BCUT2D eigenvalue weighted by Gasteiger charge is 2.22. The van der Waals surface area contributed by atoms with Gasteiger partial charge in [-0.05, 0) is 116 Å². The number of thiophene rings is 1. The fraction of sp³-hybridized carbons (Fsp3) is 0. The van der Waals surface area contributed by atoms with E-state index in [4.69, 9.17) is 4.42 Å². The Kier molecular flexibility index (Phi) is 7.75. The molecule has 12 rings (SSSR count). The number of hydrogen-bond acceptors (Lipinski definition) is 3. The minimum atomic E-state index is 0.892. The third-order valence-corrected chi connectivity index (χ3v) is 13.0. The molecule has 2 nitrogen and oxygen atoms in total. The van der Waals surface area contributed by atoms with Crippen molar-refractivity contribution in [2.75, 3.05) is 4.90 Å². The lowest BCUT2D eigenvalue weighted by Crippen LogP contribution is -2.11. The Morgan fingerprint density at radius 3 is 1.81 bits per heavy atom. The van der Waals surface area contributed by atoms with E-state index in [1.54, 1.807) is 0 Å². The summed E-state index contributed by atoms with van der Waals surface area (Å²) in [5.41, 5.74) is 12.2. The van der Waals surface area contributed by atoms with Gasteiger partial charge < -0.3 is 9.32 Å². The van der Waals surface area contributed by atoms with Gasteiger partial charge in [-0.15, -0.1) is 11.3 Å². The fourth-order valence-electron chi connectivity index (χ4n) is 8.91. The van der Waals surface area contributed by atoms with Crippen molar-refractivity contribution in [2.24, 2.45) is 0 Å². The van der Waals surface area contributed by atoms with E-state index in [9.17, 15) is 0 Å². The normalized spacial score (nSPS) is 11.7. The van der Waals surface area contributed by atoms with Crippen LogP contribution in [-0.4, -0.2) is 0 Å². The van der Waals surface area contributed by atoms with Gasteiger partial charge in [0.15, 0.2) is 0 Å². The molecule has 0 radical (unpaired) electrons. The minimum absolute atomic E-state index is 0.892. The number of hydrogen-bond donors (Lipinski definition) is 0. The van der Waals surface area contributed by atoms with Gasteiger partial charge in [-0.25, -0.2) is 0 Å². The average molecular weight is 770 g/mol. The van der Waals surface area contributed by atoms with Crippen molar-refractivity contribution >= 4 is 92.1 Å². The maximum absolute atomic E-state index is 6.43. The molecule has 0 unspecified atom stereocenters. The summed E-state index contributed by atoms with van der Waals surface area (Å²) in [4.78, 5) is 2.45. The van der Waals surface area contributed by atoms with E-state index >= 15 is 0 Å². The van der Waals surface area contributed by atoms with Gasteiger partial charge in [0.25, 0.3) is 0 Å². The average Bonchev–Trinajstić information content (AvgIpc) is 3.86. The van der Waals surface area contributed by atoms with Crippen LogP contribution in [0.1, 0.15) is 0 Å². The second-order valence-electron chi connectivity index (χ2n) is 15.3. The SMILES string of the molecule is c1cc(-c2ccc(N(c3ccccc3-c3ccc4oc5cc6ccccc6cc5c4c3)c3cccc4c3sc3ccccc34)cc2)cc(-c2ccc3ccccc3c2)c1. The van der Waals surface area contributed by atoms with Gasteiger partial charge >= 0.3 is 0 Å². The van der Waals surface area contributed by atoms with Crippen LogP contribution >= 0.6 is 11.3 Å².